The van der Waals surface area contributed by atoms with Gasteiger partial charge in [0.1, 0.15) is 11.8 Å². The maximum atomic E-state index is 11.9. The van der Waals surface area contributed by atoms with E-state index in [0.717, 1.165) is 6.42 Å². The van der Waals surface area contributed by atoms with Crippen molar-refractivity contribution in [3.05, 3.63) is 30.3 Å². The van der Waals surface area contributed by atoms with Crippen molar-refractivity contribution in [1.29, 1.82) is 0 Å². The molecule has 1 aromatic carbocycles. The number of carbonyl (C=O) groups is 2. The number of amides is 1. The lowest BCUT2D eigenvalue weighted by molar-refractivity contribution is -0.145. The zero-order valence-electron chi connectivity index (χ0n) is 10.2. The zero-order valence-corrected chi connectivity index (χ0v) is 10.2. The second kappa shape index (κ2) is 5.53. The van der Waals surface area contributed by atoms with Crippen LogP contribution in [0.4, 0.5) is 4.79 Å². The van der Waals surface area contributed by atoms with E-state index in [4.69, 9.17) is 4.74 Å². The lowest BCUT2D eigenvalue weighted by Gasteiger charge is -2.21. The smallest absolute Gasteiger partial charge is 0.415 e. The maximum absolute atomic E-state index is 11.9. The Morgan fingerprint density at radius 1 is 1.28 bits per heavy atom. The first-order chi connectivity index (χ1) is 8.72. The van der Waals surface area contributed by atoms with E-state index in [-0.39, 0.29) is 0 Å². The number of hydrogen-bond donors (Lipinski definition) is 0. The molecule has 1 heterocycles. The van der Waals surface area contributed by atoms with Gasteiger partial charge in [0.2, 0.25) is 0 Å². The highest BCUT2D eigenvalue weighted by atomic mass is 16.6. The van der Waals surface area contributed by atoms with Crippen molar-refractivity contribution in [2.75, 3.05) is 13.7 Å². The predicted octanol–water partition coefficient (Wildman–Crippen LogP) is 1.82. The van der Waals surface area contributed by atoms with Crippen molar-refractivity contribution < 1.29 is 19.1 Å². The summed E-state index contributed by atoms with van der Waals surface area (Å²) in [5, 5.41) is 0. The van der Waals surface area contributed by atoms with Crippen molar-refractivity contribution in [3.63, 3.8) is 0 Å². The van der Waals surface area contributed by atoms with Gasteiger partial charge in [-0.15, -0.1) is 0 Å². The summed E-state index contributed by atoms with van der Waals surface area (Å²) >= 11 is 0. The van der Waals surface area contributed by atoms with Crippen LogP contribution in [0, 0.1) is 0 Å². The molecule has 0 saturated carbocycles. The van der Waals surface area contributed by atoms with Crippen LogP contribution in [-0.2, 0) is 9.53 Å². The Morgan fingerprint density at radius 2 is 2.00 bits per heavy atom. The third-order valence-corrected chi connectivity index (χ3v) is 2.91. The second-order valence-corrected chi connectivity index (χ2v) is 4.06. The Labute approximate surface area is 105 Å². The second-order valence-electron chi connectivity index (χ2n) is 4.06. The molecule has 1 saturated heterocycles. The highest BCUT2D eigenvalue weighted by Crippen LogP contribution is 2.20. The Hall–Kier alpha value is -2.04. The third kappa shape index (κ3) is 2.61. The van der Waals surface area contributed by atoms with E-state index in [1.807, 2.05) is 6.07 Å². The zero-order chi connectivity index (χ0) is 13.0. The number of carbonyl (C=O) groups excluding carboxylic acids is 2. The molecule has 96 valence electrons. The van der Waals surface area contributed by atoms with Crippen LogP contribution in [0.3, 0.4) is 0 Å². The minimum absolute atomic E-state index is 0.391. The molecule has 0 bridgehead atoms. The molecule has 2 rings (SSSR count). The number of para-hydroxylation sites is 1. The number of rotatable bonds is 2. The molecule has 1 aromatic rings. The monoisotopic (exact) mass is 249 g/mol. The molecule has 1 atom stereocenters. The van der Waals surface area contributed by atoms with Gasteiger partial charge in [-0.3, -0.25) is 4.90 Å². The van der Waals surface area contributed by atoms with Crippen LogP contribution in [0.5, 0.6) is 5.75 Å². The first-order valence-corrected chi connectivity index (χ1v) is 5.83. The first kappa shape index (κ1) is 12.4. The summed E-state index contributed by atoms with van der Waals surface area (Å²) in [6, 6.07) is 8.27. The summed E-state index contributed by atoms with van der Waals surface area (Å²) in [7, 11) is 1.32. The quantitative estimate of drug-likeness (QED) is 0.750. The van der Waals surface area contributed by atoms with Crippen LogP contribution in [-0.4, -0.2) is 36.7 Å². The summed E-state index contributed by atoms with van der Waals surface area (Å²) in [4.78, 5) is 24.9. The van der Waals surface area contributed by atoms with Crippen molar-refractivity contribution in [2.45, 2.75) is 18.9 Å². The molecule has 1 unspecified atom stereocenters. The Morgan fingerprint density at radius 3 is 2.67 bits per heavy atom. The molecule has 1 aliphatic heterocycles. The Bertz CT molecular complexity index is 432. The molecule has 0 radical (unpaired) electrons. The highest BCUT2D eigenvalue weighted by Gasteiger charge is 2.36. The molecule has 5 nitrogen and oxygen atoms in total. The molecule has 0 N–H and O–H groups in total. The number of nitrogens with zero attached hydrogens (tertiary/aromatic N) is 1. The van der Waals surface area contributed by atoms with E-state index in [9.17, 15) is 9.59 Å². The average molecular weight is 249 g/mol. The van der Waals surface area contributed by atoms with Crippen LogP contribution < -0.4 is 4.74 Å². The molecule has 0 spiro atoms. The van der Waals surface area contributed by atoms with Crippen LogP contribution in [0.2, 0.25) is 0 Å². The number of benzene rings is 1. The number of ether oxygens (including phenoxy) is 2. The topological polar surface area (TPSA) is 55.8 Å². The van der Waals surface area contributed by atoms with E-state index in [1.54, 1.807) is 24.3 Å². The predicted molar refractivity (Wildman–Crippen MR) is 64.2 cm³/mol. The van der Waals surface area contributed by atoms with Gasteiger partial charge >= 0.3 is 12.1 Å². The molecule has 1 aliphatic rings. The minimum Gasteiger partial charge on any atom is -0.467 e. The molecule has 18 heavy (non-hydrogen) atoms. The number of esters is 1. The van der Waals surface area contributed by atoms with Gasteiger partial charge in [-0.1, -0.05) is 18.2 Å². The third-order valence-electron chi connectivity index (χ3n) is 2.91. The largest absolute Gasteiger partial charge is 0.467 e. The van der Waals surface area contributed by atoms with Crippen LogP contribution in [0.1, 0.15) is 12.8 Å². The summed E-state index contributed by atoms with van der Waals surface area (Å²) in [5.41, 5.74) is 0. The van der Waals surface area contributed by atoms with Gasteiger partial charge in [0, 0.05) is 6.54 Å². The first-order valence-electron chi connectivity index (χ1n) is 5.83. The molecule has 5 heteroatoms. The highest BCUT2D eigenvalue weighted by molar-refractivity contribution is 5.82. The van der Waals surface area contributed by atoms with Crippen molar-refractivity contribution in [1.82, 2.24) is 4.90 Å². The summed E-state index contributed by atoms with van der Waals surface area (Å²) in [6.07, 6.45) is 0.898. The van der Waals surface area contributed by atoms with E-state index in [0.29, 0.717) is 18.7 Å². The Kier molecular flexibility index (Phi) is 3.82. The van der Waals surface area contributed by atoms with E-state index in [1.165, 1.54) is 12.0 Å². The standard InChI is InChI=1S/C13H15NO4/c1-17-12(15)11-8-5-9-14(11)13(16)18-10-6-3-2-4-7-10/h2-4,6-7,11H,5,8-9H2,1H3. The average Bonchev–Trinajstić information content (AvgIpc) is 2.88. The molecular formula is C13H15NO4. The number of hydrogen-bond acceptors (Lipinski definition) is 4. The fourth-order valence-electron chi connectivity index (χ4n) is 2.01. The van der Waals surface area contributed by atoms with Gasteiger partial charge in [0.05, 0.1) is 7.11 Å². The van der Waals surface area contributed by atoms with Gasteiger partial charge in [-0.05, 0) is 25.0 Å². The SMILES string of the molecule is COC(=O)C1CCCN1C(=O)Oc1ccccc1. The van der Waals surface area contributed by atoms with Gasteiger partial charge in [0.15, 0.2) is 0 Å². The fourth-order valence-corrected chi connectivity index (χ4v) is 2.01. The van der Waals surface area contributed by atoms with Crippen LogP contribution >= 0.6 is 0 Å². The van der Waals surface area contributed by atoms with E-state index >= 15 is 0 Å². The Balaban J connectivity index is 2.02. The molecule has 0 aliphatic carbocycles. The summed E-state index contributed by atoms with van der Waals surface area (Å²) in [5.74, 6) is 0.0792. The summed E-state index contributed by atoms with van der Waals surface area (Å²) in [6.45, 7) is 0.519. The normalized spacial score (nSPS) is 18.5. The van der Waals surface area contributed by atoms with Crippen molar-refractivity contribution >= 4 is 12.1 Å². The van der Waals surface area contributed by atoms with Crippen molar-refractivity contribution in [2.24, 2.45) is 0 Å². The van der Waals surface area contributed by atoms with Gasteiger partial charge < -0.3 is 9.47 Å². The van der Waals surface area contributed by atoms with Crippen LogP contribution in [0.15, 0.2) is 30.3 Å². The fraction of sp³-hybridized carbons (Fsp3) is 0.385. The lowest BCUT2D eigenvalue weighted by Crippen LogP contribution is -2.42. The van der Waals surface area contributed by atoms with Gasteiger partial charge in [-0.25, -0.2) is 9.59 Å². The van der Waals surface area contributed by atoms with Crippen molar-refractivity contribution in [3.8, 4) is 5.75 Å². The summed E-state index contributed by atoms with van der Waals surface area (Å²) < 4.78 is 9.88. The molecule has 0 aromatic heterocycles. The van der Waals surface area contributed by atoms with E-state index in [2.05, 4.69) is 4.74 Å². The molecule has 1 amide bonds. The number of likely N-dealkylation sites (tertiary alicyclic amines) is 1. The van der Waals surface area contributed by atoms with Crippen LogP contribution in [0.25, 0.3) is 0 Å². The van der Waals surface area contributed by atoms with Gasteiger partial charge in [0.25, 0.3) is 0 Å². The molecule has 1 fully saturated rings. The van der Waals surface area contributed by atoms with Gasteiger partial charge in [-0.2, -0.15) is 0 Å². The minimum atomic E-state index is -0.522. The van der Waals surface area contributed by atoms with E-state index < -0.39 is 18.1 Å². The number of methoxy groups -OCH3 is 1. The lowest BCUT2D eigenvalue weighted by atomic mass is 10.2. The molecular weight excluding hydrogens is 234 g/mol. The maximum Gasteiger partial charge on any atom is 0.415 e.